The molecule has 0 bridgehead atoms. The average molecular weight is 435 g/mol. The van der Waals surface area contributed by atoms with Crippen LogP contribution in [0.25, 0.3) is 11.3 Å². The lowest BCUT2D eigenvalue weighted by Crippen LogP contribution is -2.47. The first-order valence-corrected chi connectivity index (χ1v) is 11.4. The SMILES string of the molecule is O=C1c2c(-c3ccccc3F)noc2CCC1CCCN1CCN(c2ccccn2)CC1. The molecular formula is C25H27FN4O2. The largest absolute Gasteiger partial charge is 0.360 e. The van der Waals surface area contributed by atoms with Gasteiger partial charge in [-0.1, -0.05) is 23.4 Å². The summed E-state index contributed by atoms with van der Waals surface area (Å²) >= 11 is 0. The van der Waals surface area contributed by atoms with Gasteiger partial charge >= 0.3 is 0 Å². The molecule has 1 aromatic carbocycles. The van der Waals surface area contributed by atoms with Gasteiger partial charge in [-0.3, -0.25) is 9.69 Å². The number of carbonyl (C=O) groups is 1. The number of piperazine rings is 1. The highest BCUT2D eigenvalue weighted by Crippen LogP contribution is 2.36. The summed E-state index contributed by atoms with van der Waals surface area (Å²) < 4.78 is 19.7. The van der Waals surface area contributed by atoms with Gasteiger partial charge in [0.15, 0.2) is 5.78 Å². The van der Waals surface area contributed by atoms with Crippen molar-refractivity contribution in [3.63, 3.8) is 0 Å². The molecule has 0 N–H and O–H groups in total. The van der Waals surface area contributed by atoms with E-state index in [0.29, 0.717) is 29.0 Å². The fraction of sp³-hybridized carbons (Fsp3) is 0.400. The first-order chi connectivity index (χ1) is 15.7. The lowest BCUT2D eigenvalue weighted by molar-refractivity contribution is 0.0884. The molecule has 0 saturated carbocycles. The van der Waals surface area contributed by atoms with Crippen molar-refractivity contribution in [3.05, 3.63) is 65.8 Å². The van der Waals surface area contributed by atoms with Crippen molar-refractivity contribution in [2.75, 3.05) is 37.6 Å². The van der Waals surface area contributed by atoms with E-state index in [1.165, 1.54) is 6.07 Å². The van der Waals surface area contributed by atoms with Gasteiger partial charge in [-0.15, -0.1) is 0 Å². The molecule has 32 heavy (non-hydrogen) atoms. The second-order valence-electron chi connectivity index (χ2n) is 8.57. The van der Waals surface area contributed by atoms with Crippen molar-refractivity contribution in [2.24, 2.45) is 5.92 Å². The molecule has 0 spiro atoms. The van der Waals surface area contributed by atoms with Gasteiger partial charge in [-0.25, -0.2) is 9.37 Å². The summed E-state index contributed by atoms with van der Waals surface area (Å²) in [6.45, 7) is 4.92. The molecule has 3 aromatic rings. The topological polar surface area (TPSA) is 62.5 Å². The maximum absolute atomic E-state index is 14.3. The summed E-state index contributed by atoms with van der Waals surface area (Å²) in [4.78, 5) is 22.4. The number of Topliss-reactive ketones (excluding diaryl/α,β-unsaturated/α-hetero) is 1. The number of aromatic nitrogens is 2. The molecule has 0 radical (unpaired) electrons. The summed E-state index contributed by atoms with van der Waals surface area (Å²) in [5.41, 5.74) is 1.16. The smallest absolute Gasteiger partial charge is 0.171 e. The van der Waals surface area contributed by atoms with E-state index in [0.717, 1.165) is 57.8 Å². The molecule has 166 valence electrons. The predicted octanol–water partition coefficient (Wildman–Crippen LogP) is 4.22. The highest BCUT2D eigenvalue weighted by molar-refractivity contribution is 6.04. The third kappa shape index (κ3) is 4.17. The minimum Gasteiger partial charge on any atom is -0.360 e. The van der Waals surface area contributed by atoms with Gasteiger partial charge in [0.1, 0.15) is 23.1 Å². The van der Waals surface area contributed by atoms with Crippen LogP contribution in [0.2, 0.25) is 0 Å². The minimum atomic E-state index is -0.386. The van der Waals surface area contributed by atoms with Crippen molar-refractivity contribution in [1.29, 1.82) is 0 Å². The van der Waals surface area contributed by atoms with Crippen molar-refractivity contribution >= 4 is 11.6 Å². The summed E-state index contributed by atoms with van der Waals surface area (Å²) in [5.74, 6) is 1.24. The molecular weight excluding hydrogens is 407 g/mol. The Bertz CT molecular complexity index is 1080. The van der Waals surface area contributed by atoms with Crippen molar-refractivity contribution in [2.45, 2.75) is 25.7 Å². The highest BCUT2D eigenvalue weighted by atomic mass is 19.1. The fourth-order valence-electron chi connectivity index (χ4n) is 4.80. The van der Waals surface area contributed by atoms with Crippen LogP contribution in [-0.4, -0.2) is 53.5 Å². The van der Waals surface area contributed by atoms with Crippen molar-refractivity contribution in [1.82, 2.24) is 15.0 Å². The van der Waals surface area contributed by atoms with E-state index in [4.69, 9.17) is 4.52 Å². The van der Waals surface area contributed by atoms with Gasteiger partial charge in [0, 0.05) is 50.3 Å². The fourth-order valence-corrected chi connectivity index (χ4v) is 4.80. The van der Waals surface area contributed by atoms with Gasteiger partial charge in [0.05, 0.1) is 5.56 Å². The average Bonchev–Trinajstić information content (AvgIpc) is 3.27. The maximum atomic E-state index is 14.3. The third-order valence-corrected chi connectivity index (χ3v) is 6.60. The van der Waals surface area contributed by atoms with E-state index < -0.39 is 0 Å². The Labute approximate surface area is 187 Å². The molecule has 3 heterocycles. The van der Waals surface area contributed by atoms with Crippen LogP contribution in [-0.2, 0) is 6.42 Å². The Morgan fingerprint density at radius 1 is 1.06 bits per heavy atom. The van der Waals surface area contributed by atoms with E-state index >= 15 is 0 Å². The van der Waals surface area contributed by atoms with E-state index in [1.54, 1.807) is 18.2 Å². The van der Waals surface area contributed by atoms with Crippen LogP contribution < -0.4 is 4.90 Å². The molecule has 1 saturated heterocycles. The van der Waals surface area contributed by atoms with Crippen LogP contribution in [0.15, 0.2) is 53.2 Å². The molecule has 1 unspecified atom stereocenters. The van der Waals surface area contributed by atoms with Crippen molar-refractivity contribution in [3.8, 4) is 11.3 Å². The van der Waals surface area contributed by atoms with Gasteiger partial charge in [0.25, 0.3) is 0 Å². The molecule has 1 aliphatic heterocycles. The number of nitrogens with zero attached hydrogens (tertiary/aromatic N) is 4. The molecule has 7 heteroatoms. The number of hydrogen-bond donors (Lipinski definition) is 0. The number of ketones is 1. The molecule has 5 rings (SSSR count). The summed E-state index contributed by atoms with van der Waals surface area (Å²) in [7, 11) is 0. The van der Waals surface area contributed by atoms with Crippen molar-refractivity contribution < 1.29 is 13.7 Å². The number of carbonyl (C=O) groups excluding carboxylic acids is 1. The highest BCUT2D eigenvalue weighted by Gasteiger charge is 2.34. The Kier molecular flexibility index (Phi) is 5.99. The van der Waals surface area contributed by atoms with Crippen LogP contribution in [0.1, 0.15) is 35.4 Å². The van der Waals surface area contributed by atoms with Gasteiger partial charge in [-0.05, 0) is 50.1 Å². The molecule has 0 amide bonds. The summed E-state index contributed by atoms with van der Waals surface area (Å²) in [6, 6.07) is 12.4. The Balaban J connectivity index is 1.16. The monoisotopic (exact) mass is 434 g/mol. The molecule has 6 nitrogen and oxygen atoms in total. The predicted molar refractivity (Wildman–Crippen MR) is 120 cm³/mol. The Morgan fingerprint density at radius 2 is 1.88 bits per heavy atom. The van der Waals surface area contributed by atoms with Gasteiger partial charge < -0.3 is 9.42 Å². The normalized spacial score (nSPS) is 19.2. The standard InChI is InChI=1S/C25H27FN4O2/c26-20-8-2-1-7-19(20)24-23-21(32-28-24)11-10-18(25(23)31)6-5-13-29-14-16-30(17-15-29)22-9-3-4-12-27-22/h1-4,7-9,12,18H,5-6,10-11,13-17H2. The number of fused-ring (bicyclic) bond motifs is 1. The van der Waals surface area contributed by atoms with Gasteiger partial charge in [-0.2, -0.15) is 0 Å². The zero-order valence-corrected chi connectivity index (χ0v) is 18.0. The van der Waals surface area contributed by atoms with E-state index in [1.807, 2.05) is 18.3 Å². The van der Waals surface area contributed by atoms with Gasteiger partial charge in [0.2, 0.25) is 0 Å². The second kappa shape index (κ2) is 9.20. The quantitative estimate of drug-likeness (QED) is 0.579. The zero-order chi connectivity index (χ0) is 21.9. The molecule has 1 fully saturated rings. The lowest BCUT2D eigenvalue weighted by atomic mass is 9.82. The lowest BCUT2D eigenvalue weighted by Gasteiger charge is -2.35. The number of aryl methyl sites for hydroxylation is 1. The first kappa shape index (κ1) is 20.8. The minimum absolute atomic E-state index is 0.0470. The second-order valence-corrected chi connectivity index (χ2v) is 8.57. The van der Waals surface area contributed by atoms with Crippen LogP contribution >= 0.6 is 0 Å². The van der Waals surface area contributed by atoms with E-state index in [2.05, 4.69) is 26.0 Å². The van der Waals surface area contributed by atoms with Crippen LogP contribution in [0.3, 0.4) is 0 Å². The number of rotatable bonds is 6. The van der Waals surface area contributed by atoms with E-state index in [-0.39, 0.29) is 17.5 Å². The number of halogens is 1. The third-order valence-electron chi connectivity index (χ3n) is 6.60. The number of benzene rings is 1. The van der Waals surface area contributed by atoms with Crippen LogP contribution in [0.4, 0.5) is 10.2 Å². The molecule has 1 aliphatic carbocycles. The summed E-state index contributed by atoms with van der Waals surface area (Å²) in [6.07, 6.45) is 5.08. The number of pyridine rings is 1. The summed E-state index contributed by atoms with van der Waals surface area (Å²) in [5, 5.41) is 4.05. The van der Waals surface area contributed by atoms with Crippen LogP contribution in [0, 0.1) is 11.7 Å². The number of hydrogen-bond acceptors (Lipinski definition) is 6. The molecule has 2 aliphatic rings. The first-order valence-electron chi connectivity index (χ1n) is 11.4. The molecule has 1 atom stereocenters. The number of anilines is 1. The van der Waals surface area contributed by atoms with Crippen LogP contribution in [0.5, 0.6) is 0 Å². The molecule has 2 aromatic heterocycles. The zero-order valence-electron chi connectivity index (χ0n) is 18.0. The Morgan fingerprint density at radius 3 is 2.66 bits per heavy atom. The van der Waals surface area contributed by atoms with E-state index in [9.17, 15) is 9.18 Å². The Hall–Kier alpha value is -3.06. The maximum Gasteiger partial charge on any atom is 0.171 e.